The number of alkyl halides is 3. The third-order valence-electron chi connectivity index (χ3n) is 5.37. The lowest BCUT2D eigenvalue weighted by Crippen LogP contribution is -2.48. The number of rotatable bonds is 5. The van der Waals surface area contributed by atoms with E-state index in [0.29, 0.717) is 42.4 Å². The van der Waals surface area contributed by atoms with Gasteiger partial charge in [0.05, 0.1) is 16.2 Å². The number of piperazine rings is 1. The fraction of sp³-hybridized carbons (Fsp3) is 0.273. The maximum Gasteiger partial charge on any atom is 0.416 e. The molecule has 0 bridgehead atoms. The van der Waals surface area contributed by atoms with Crippen LogP contribution in [0.3, 0.4) is 0 Å². The van der Waals surface area contributed by atoms with Crippen LogP contribution in [0.1, 0.15) is 20.9 Å². The molecule has 4 rings (SSSR count). The van der Waals surface area contributed by atoms with E-state index in [1.54, 1.807) is 41.0 Å². The predicted octanol–water partition coefficient (Wildman–Crippen LogP) is 4.23. The molecule has 1 fully saturated rings. The van der Waals surface area contributed by atoms with E-state index < -0.39 is 21.8 Å². The molecular weight excluding hydrogens is 489 g/mol. The van der Waals surface area contributed by atoms with Gasteiger partial charge in [-0.1, -0.05) is 35.6 Å². The van der Waals surface area contributed by atoms with Crippen LogP contribution in [0.5, 0.6) is 0 Å². The Kier molecular flexibility index (Phi) is 6.54. The van der Waals surface area contributed by atoms with Gasteiger partial charge in [-0.25, -0.2) is 13.4 Å². The number of hydrogen-bond acceptors (Lipinski definition) is 6. The number of sulfonamides is 1. The van der Waals surface area contributed by atoms with Crippen LogP contribution in [0.4, 0.5) is 24.0 Å². The van der Waals surface area contributed by atoms with E-state index in [2.05, 4.69) is 9.71 Å². The van der Waals surface area contributed by atoms with E-state index in [4.69, 9.17) is 0 Å². The number of aryl methyl sites for hydroxylation is 1. The SMILES string of the molecule is Cc1nc(NS(=O)(=O)c2ccccc2)sc1C(=O)N1CCN(c2cccc(C(F)(F)F)c2)CC1. The number of carbonyl (C=O) groups excluding carboxylic acids is 1. The van der Waals surface area contributed by atoms with E-state index >= 15 is 0 Å². The minimum atomic E-state index is -4.42. The van der Waals surface area contributed by atoms with Crippen LogP contribution in [-0.4, -0.2) is 50.4 Å². The van der Waals surface area contributed by atoms with Crippen molar-refractivity contribution in [1.29, 1.82) is 0 Å². The summed E-state index contributed by atoms with van der Waals surface area (Å²) in [5.41, 5.74) is 0.142. The van der Waals surface area contributed by atoms with Crippen molar-refractivity contribution in [3.05, 3.63) is 70.7 Å². The monoisotopic (exact) mass is 510 g/mol. The molecule has 2 aromatic carbocycles. The summed E-state index contributed by atoms with van der Waals surface area (Å²) in [6.45, 7) is 3.01. The van der Waals surface area contributed by atoms with Crippen molar-refractivity contribution in [2.24, 2.45) is 0 Å². The highest BCUT2D eigenvalue weighted by Crippen LogP contribution is 2.32. The fourth-order valence-electron chi connectivity index (χ4n) is 3.60. The third-order valence-corrected chi connectivity index (χ3v) is 7.92. The summed E-state index contributed by atoms with van der Waals surface area (Å²) in [6, 6.07) is 13.0. The minimum Gasteiger partial charge on any atom is -0.368 e. The van der Waals surface area contributed by atoms with Gasteiger partial charge in [0.15, 0.2) is 5.13 Å². The maximum absolute atomic E-state index is 13.1. The molecule has 1 aliphatic heterocycles. The molecule has 3 aromatic rings. The van der Waals surface area contributed by atoms with Gasteiger partial charge < -0.3 is 9.80 Å². The summed E-state index contributed by atoms with van der Waals surface area (Å²) in [4.78, 5) is 21.0. The second-order valence-electron chi connectivity index (χ2n) is 7.68. The molecule has 0 unspecified atom stereocenters. The van der Waals surface area contributed by atoms with Crippen molar-refractivity contribution in [2.75, 3.05) is 35.8 Å². The van der Waals surface area contributed by atoms with E-state index in [1.807, 2.05) is 0 Å². The molecule has 0 spiro atoms. The lowest BCUT2D eigenvalue weighted by atomic mass is 10.1. The second-order valence-corrected chi connectivity index (χ2v) is 10.4. The first-order valence-corrected chi connectivity index (χ1v) is 12.6. The number of nitrogens with zero attached hydrogens (tertiary/aromatic N) is 3. The van der Waals surface area contributed by atoms with Gasteiger partial charge in [-0.3, -0.25) is 9.52 Å². The number of anilines is 2. The Labute approximate surface area is 198 Å². The lowest BCUT2D eigenvalue weighted by Gasteiger charge is -2.36. The maximum atomic E-state index is 13.1. The Bertz CT molecular complexity index is 1290. The summed E-state index contributed by atoms with van der Waals surface area (Å²) in [6.07, 6.45) is -4.42. The van der Waals surface area contributed by atoms with E-state index in [-0.39, 0.29) is 15.9 Å². The predicted molar refractivity (Wildman–Crippen MR) is 124 cm³/mol. The van der Waals surface area contributed by atoms with Crippen LogP contribution in [0, 0.1) is 6.92 Å². The highest BCUT2D eigenvalue weighted by Gasteiger charge is 2.32. The van der Waals surface area contributed by atoms with Gasteiger partial charge in [0.1, 0.15) is 4.88 Å². The molecule has 1 aliphatic rings. The minimum absolute atomic E-state index is 0.0847. The van der Waals surface area contributed by atoms with E-state index in [0.717, 1.165) is 23.5 Å². The van der Waals surface area contributed by atoms with Crippen LogP contribution in [0.2, 0.25) is 0 Å². The molecule has 0 radical (unpaired) electrons. The van der Waals surface area contributed by atoms with Crippen molar-refractivity contribution in [3.8, 4) is 0 Å². The molecule has 12 heteroatoms. The number of amides is 1. The van der Waals surface area contributed by atoms with Crippen molar-refractivity contribution in [2.45, 2.75) is 18.0 Å². The Hall–Kier alpha value is -3.12. The second kappa shape index (κ2) is 9.26. The van der Waals surface area contributed by atoms with Crippen molar-refractivity contribution < 1.29 is 26.4 Å². The topological polar surface area (TPSA) is 82.6 Å². The van der Waals surface area contributed by atoms with Gasteiger partial charge in [-0.05, 0) is 37.3 Å². The molecular formula is C22H21F3N4O3S2. The van der Waals surface area contributed by atoms with Crippen LogP contribution >= 0.6 is 11.3 Å². The normalized spacial score (nSPS) is 14.8. The van der Waals surface area contributed by atoms with Crippen LogP contribution < -0.4 is 9.62 Å². The Morgan fingerprint density at radius 1 is 1.03 bits per heavy atom. The molecule has 7 nitrogen and oxygen atoms in total. The summed E-state index contributed by atoms with van der Waals surface area (Å²) in [5.74, 6) is -0.288. The zero-order valence-electron chi connectivity index (χ0n) is 18.0. The van der Waals surface area contributed by atoms with Crippen LogP contribution in [0.15, 0.2) is 59.5 Å². The smallest absolute Gasteiger partial charge is 0.368 e. The number of thiazole rings is 1. The lowest BCUT2D eigenvalue weighted by molar-refractivity contribution is -0.137. The number of hydrogen-bond donors (Lipinski definition) is 1. The first-order chi connectivity index (χ1) is 16.0. The zero-order valence-corrected chi connectivity index (χ0v) is 19.7. The van der Waals surface area contributed by atoms with Gasteiger partial charge in [0.25, 0.3) is 15.9 Å². The third kappa shape index (κ3) is 5.17. The Morgan fingerprint density at radius 3 is 2.35 bits per heavy atom. The highest BCUT2D eigenvalue weighted by atomic mass is 32.2. The summed E-state index contributed by atoms with van der Waals surface area (Å²) in [7, 11) is -3.83. The largest absolute Gasteiger partial charge is 0.416 e. The Balaban J connectivity index is 1.43. The Morgan fingerprint density at radius 2 is 1.71 bits per heavy atom. The number of nitrogens with one attached hydrogen (secondary N) is 1. The number of benzene rings is 2. The van der Waals surface area contributed by atoms with Gasteiger partial charge in [-0.2, -0.15) is 13.2 Å². The number of carbonyl (C=O) groups is 1. The van der Waals surface area contributed by atoms with Gasteiger partial charge in [0, 0.05) is 31.9 Å². The molecule has 0 aliphatic carbocycles. The van der Waals surface area contributed by atoms with Gasteiger partial charge >= 0.3 is 6.18 Å². The van der Waals surface area contributed by atoms with E-state index in [1.165, 1.54) is 18.2 Å². The molecule has 0 saturated carbocycles. The molecule has 2 heterocycles. The first kappa shape index (κ1) is 24.0. The summed E-state index contributed by atoms with van der Waals surface area (Å²) < 4.78 is 66.5. The van der Waals surface area contributed by atoms with Gasteiger partial charge in [0.2, 0.25) is 0 Å². The van der Waals surface area contributed by atoms with Gasteiger partial charge in [-0.15, -0.1) is 0 Å². The average molecular weight is 511 g/mol. The summed E-state index contributed by atoms with van der Waals surface area (Å²) in [5, 5.41) is 0.0901. The molecule has 0 atom stereocenters. The molecule has 1 amide bonds. The average Bonchev–Trinajstić information content (AvgIpc) is 3.18. The van der Waals surface area contributed by atoms with Crippen molar-refractivity contribution >= 4 is 38.1 Å². The van der Waals surface area contributed by atoms with Crippen LogP contribution in [0.25, 0.3) is 0 Å². The van der Waals surface area contributed by atoms with Crippen molar-refractivity contribution in [3.63, 3.8) is 0 Å². The number of aromatic nitrogens is 1. The molecule has 1 N–H and O–H groups in total. The summed E-state index contributed by atoms with van der Waals surface area (Å²) >= 11 is 0.953. The quantitative estimate of drug-likeness (QED) is 0.556. The van der Waals surface area contributed by atoms with Crippen LogP contribution in [-0.2, 0) is 16.2 Å². The standard InChI is InChI=1S/C22H21F3N4O3S2/c1-15-19(33-21(26-15)27-34(31,32)18-8-3-2-4-9-18)20(30)29-12-10-28(11-13-29)17-7-5-6-16(14-17)22(23,24)25/h2-9,14H,10-13H2,1H3,(H,26,27). The highest BCUT2D eigenvalue weighted by molar-refractivity contribution is 7.93. The first-order valence-electron chi connectivity index (χ1n) is 10.3. The van der Waals surface area contributed by atoms with Crippen molar-refractivity contribution in [1.82, 2.24) is 9.88 Å². The fourth-order valence-corrected chi connectivity index (χ4v) is 5.79. The zero-order chi connectivity index (χ0) is 24.5. The number of halogens is 3. The molecule has 180 valence electrons. The van der Waals surface area contributed by atoms with E-state index in [9.17, 15) is 26.4 Å². The molecule has 1 aromatic heterocycles. The molecule has 34 heavy (non-hydrogen) atoms. The molecule has 1 saturated heterocycles.